The van der Waals surface area contributed by atoms with E-state index in [-0.39, 0.29) is 4.83 Å². The van der Waals surface area contributed by atoms with Crippen molar-refractivity contribution in [2.75, 3.05) is 26.2 Å². The van der Waals surface area contributed by atoms with E-state index in [1.54, 1.807) is 0 Å². The Kier molecular flexibility index (Phi) is 4.25. The number of rotatable bonds is 2. The molecule has 0 saturated carbocycles. The zero-order chi connectivity index (χ0) is 11.5. The number of piperidine rings is 2. The first-order valence-electron chi connectivity index (χ1n) is 6.39. The summed E-state index contributed by atoms with van der Waals surface area (Å²) in [7, 11) is 0. The van der Waals surface area contributed by atoms with E-state index in [2.05, 4.69) is 32.7 Å². The van der Waals surface area contributed by atoms with Gasteiger partial charge in [-0.15, -0.1) is 0 Å². The highest BCUT2D eigenvalue weighted by molar-refractivity contribution is 9.10. The molecule has 2 unspecified atom stereocenters. The second-order valence-electron chi connectivity index (χ2n) is 4.83. The van der Waals surface area contributed by atoms with Crippen LogP contribution in [-0.4, -0.2) is 52.8 Å². The summed E-state index contributed by atoms with van der Waals surface area (Å²) in [6.45, 7) is 6.54. The molecule has 16 heavy (non-hydrogen) atoms. The number of halogens is 1. The molecular weight excluding hydrogens is 268 g/mol. The second kappa shape index (κ2) is 5.50. The minimum absolute atomic E-state index is 0.0678. The number of likely N-dealkylation sites (tertiary alicyclic amines) is 2. The van der Waals surface area contributed by atoms with E-state index in [0.717, 1.165) is 32.5 Å². The number of carbonyl (C=O) groups is 1. The van der Waals surface area contributed by atoms with E-state index in [4.69, 9.17) is 0 Å². The minimum Gasteiger partial charge on any atom is -0.337 e. The maximum atomic E-state index is 12.1. The topological polar surface area (TPSA) is 23.6 Å². The number of likely N-dealkylation sites (N-methyl/N-ethyl adjacent to an activating group) is 1. The van der Waals surface area contributed by atoms with Crippen LogP contribution in [0, 0.1) is 0 Å². The van der Waals surface area contributed by atoms with Crippen LogP contribution in [0.2, 0.25) is 0 Å². The van der Waals surface area contributed by atoms with Crippen LogP contribution in [0.4, 0.5) is 0 Å². The van der Waals surface area contributed by atoms with Crippen molar-refractivity contribution < 1.29 is 4.79 Å². The summed E-state index contributed by atoms with van der Waals surface area (Å²) in [5.74, 6) is 0.314. The molecule has 0 aromatic heterocycles. The summed E-state index contributed by atoms with van der Waals surface area (Å²) in [6, 6.07) is 0.460. The number of amides is 1. The van der Waals surface area contributed by atoms with Gasteiger partial charge in [-0.05, 0) is 38.8 Å². The van der Waals surface area contributed by atoms with Crippen molar-refractivity contribution >= 4 is 21.8 Å². The predicted octanol–water partition coefficient (Wildman–Crippen LogP) is 1.86. The quantitative estimate of drug-likeness (QED) is 0.724. The molecule has 4 heteroatoms. The van der Waals surface area contributed by atoms with E-state index < -0.39 is 0 Å². The Morgan fingerprint density at radius 3 is 2.81 bits per heavy atom. The van der Waals surface area contributed by atoms with Crippen molar-refractivity contribution in [3.05, 3.63) is 0 Å². The average Bonchev–Trinajstić information content (AvgIpc) is 2.33. The molecule has 0 radical (unpaired) electrons. The number of carbonyl (C=O) groups excluding carboxylic acids is 1. The van der Waals surface area contributed by atoms with Gasteiger partial charge in [0.1, 0.15) is 0 Å². The van der Waals surface area contributed by atoms with Crippen molar-refractivity contribution in [3.63, 3.8) is 0 Å². The first-order valence-corrected chi connectivity index (χ1v) is 7.31. The lowest BCUT2D eigenvalue weighted by Crippen LogP contribution is -2.54. The lowest BCUT2D eigenvalue weighted by molar-refractivity contribution is -0.136. The molecule has 92 valence electrons. The van der Waals surface area contributed by atoms with E-state index in [1.807, 2.05) is 0 Å². The maximum absolute atomic E-state index is 12.1. The van der Waals surface area contributed by atoms with Crippen molar-refractivity contribution in [1.82, 2.24) is 9.80 Å². The maximum Gasteiger partial charge on any atom is 0.236 e. The van der Waals surface area contributed by atoms with Crippen LogP contribution >= 0.6 is 15.9 Å². The van der Waals surface area contributed by atoms with Gasteiger partial charge in [0.15, 0.2) is 0 Å². The lowest BCUT2D eigenvalue weighted by Gasteiger charge is -2.41. The number of nitrogens with zero attached hydrogens (tertiary/aromatic N) is 2. The van der Waals surface area contributed by atoms with Crippen LogP contribution in [0.5, 0.6) is 0 Å². The third kappa shape index (κ3) is 2.59. The third-order valence-corrected chi connectivity index (χ3v) is 4.63. The van der Waals surface area contributed by atoms with Gasteiger partial charge >= 0.3 is 0 Å². The van der Waals surface area contributed by atoms with Gasteiger partial charge in [0, 0.05) is 19.1 Å². The number of alkyl halides is 1. The Hall–Kier alpha value is -0.0900. The van der Waals surface area contributed by atoms with Crippen molar-refractivity contribution in [2.45, 2.75) is 43.5 Å². The summed E-state index contributed by atoms with van der Waals surface area (Å²) < 4.78 is 0. The molecule has 2 rings (SSSR count). The Morgan fingerprint density at radius 2 is 2.06 bits per heavy atom. The van der Waals surface area contributed by atoms with Gasteiger partial charge in [0.05, 0.1) is 4.83 Å². The zero-order valence-corrected chi connectivity index (χ0v) is 11.6. The molecule has 2 fully saturated rings. The van der Waals surface area contributed by atoms with E-state index in [1.165, 1.54) is 19.4 Å². The Morgan fingerprint density at radius 1 is 1.31 bits per heavy atom. The van der Waals surface area contributed by atoms with Crippen LogP contribution in [0.1, 0.15) is 32.6 Å². The van der Waals surface area contributed by atoms with Crippen molar-refractivity contribution in [3.8, 4) is 0 Å². The van der Waals surface area contributed by atoms with Gasteiger partial charge in [0.2, 0.25) is 5.91 Å². The summed E-state index contributed by atoms with van der Waals surface area (Å²) in [5, 5.41) is 0. The van der Waals surface area contributed by atoms with E-state index >= 15 is 0 Å². The van der Waals surface area contributed by atoms with Gasteiger partial charge in [-0.3, -0.25) is 4.79 Å². The molecular formula is C12H21BrN2O. The molecule has 0 aromatic carbocycles. The molecule has 2 atom stereocenters. The Labute approximate surface area is 106 Å². The standard InChI is InChI=1S/C12H21BrN2O/c1-2-14-7-3-5-10(9-14)15-8-4-6-11(13)12(15)16/h10-11H,2-9H2,1H3. The first kappa shape index (κ1) is 12.4. The fourth-order valence-electron chi connectivity index (χ4n) is 2.79. The van der Waals surface area contributed by atoms with Gasteiger partial charge < -0.3 is 9.80 Å². The smallest absolute Gasteiger partial charge is 0.236 e. The zero-order valence-electron chi connectivity index (χ0n) is 9.99. The fourth-order valence-corrected chi connectivity index (χ4v) is 3.38. The van der Waals surface area contributed by atoms with Gasteiger partial charge in [-0.2, -0.15) is 0 Å². The molecule has 0 aliphatic carbocycles. The molecule has 0 aromatic rings. The Balaban J connectivity index is 1.97. The van der Waals surface area contributed by atoms with Gasteiger partial charge in [0.25, 0.3) is 0 Å². The Bertz CT molecular complexity index is 259. The second-order valence-corrected chi connectivity index (χ2v) is 5.94. The number of hydrogen-bond donors (Lipinski definition) is 0. The summed E-state index contributed by atoms with van der Waals surface area (Å²) in [6.07, 6.45) is 4.56. The number of hydrogen-bond acceptors (Lipinski definition) is 2. The average molecular weight is 289 g/mol. The molecule has 1 amide bonds. The minimum atomic E-state index is 0.0678. The molecule has 0 spiro atoms. The SMILES string of the molecule is CCN1CCCC(N2CCCC(Br)C2=O)C1. The molecule has 3 nitrogen and oxygen atoms in total. The largest absolute Gasteiger partial charge is 0.337 e. The molecule has 2 saturated heterocycles. The molecule has 0 N–H and O–H groups in total. The van der Waals surface area contributed by atoms with Gasteiger partial charge in [-0.1, -0.05) is 22.9 Å². The van der Waals surface area contributed by atoms with Crippen molar-refractivity contribution in [2.24, 2.45) is 0 Å². The monoisotopic (exact) mass is 288 g/mol. The highest BCUT2D eigenvalue weighted by Gasteiger charge is 2.33. The van der Waals surface area contributed by atoms with Crippen LogP contribution in [0.15, 0.2) is 0 Å². The third-order valence-electron chi connectivity index (χ3n) is 3.78. The highest BCUT2D eigenvalue weighted by atomic mass is 79.9. The normalized spacial score (nSPS) is 33.1. The van der Waals surface area contributed by atoms with Crippen LogP contribution < -0.4 is 0 Å². The molecule has 2 aliphatic rings. The van der Waals surface area contributed by atoms with E-state index in [0.29, 0.717) is 11.9 Å². The first-order chi connectivity index (χ1) is 7.72. The molecule has 2 heterocycles. The predicted molar refractivity (Wildman–Crippen MR) is 68.8 cm³/mol. The van der Waals surface area contributed by atoms with Crippen LogP contribution in [-0.2, 0) is 4.79 Å². The summed E-state index contributed by atoms with van der Waals surface area (Å²) in [5.41, 5.74) is 0. The van der Waals surface area contributed by atoms with Crippen molar-refractivity contribution in [1.29, 1.82) is 0 Å². The molecule has 0 bridgehead atoms. The summed E-state index contributed by atoms with van der Waals surface area (Å²) in [4.78, 5) is 16.7. The fraction of sp³-hybridized carbons (Fsp3) is 0.917. The van der Waals surface area contributed by atoms with Crippen LogP contribution in [0.25, 0.3) is 0 Å². The summed E-state index contributed by atoms with van der Waals surface area (Å²) >= 11 is 3.49. The van der Waals surface area contributed by atoms with Crippen LogP contribution in [0.3, 0.4) is 0 Å². The molecule has 2 aliphatic heterocycles. The van der Waals surface area contributed by atoms with Gasteiger partial charge in [-0.25, -0.2) is 0 Å². The lowest BCUT2D eigenvalue weighted by atomic mass is 10.0. The van der Waals surface area contributed by atoms with E-state index in [9.17, 15) is 4.79 Å². The highest BCUT2D eigenvalue weighted by Crippen LogP contribution is 2.24.